The van der Waals surface area contributed by atoms with E-state index in [4.69, 9.17) is 27.9 Å². The fourth-order valence-electron chi connectivity index (χ4n) is 5.12. The number of rotatable bonds is 15. The van der Waals surface area contributed by atoms with Crippen molar-refractivity contribution in [1.82, 2.24) is 10.2 Å². The number of halogens is 2. The van der Waals surface area contributed by atoms with E-state index in [0.717, 1.165) is 15.4 Å². The Labute approximate surface area is 293 Å². The second-order valence-corrected chi connectivity index (χ2v) is 14.2. The van der Waals surface area contributed by atoms with Gasteiger partial charge in [0, 0.05) is 19.0 Å². The molecule has 0 spiro atoms. The molecule has 0 bridgehead atoms. The van der Waals surface area contributed by atoms with Crippen LogP contribution in [0.1, 0.15) is 43.9 Å². The van der Waals surface area contributed by atoms with Crippen molar-refractivity contribution < 1.29 is 22.7 Å². The van der Waals surface area contributed by atoms with Crippen LogP contribution >= 0.6 is 23.2 Å². The highest BCUT2D eigenvalue weighted by Gasteiger charge is 2.36. The number of carbonyl (C=O) groups is 2. The summed E-state index contributed by atoms with van der Waals surface area (Å²) in [7, 11) is -4.29. The number of hydrogen-bond acceptors (Lipinski definition) is 5. The van der Waals surface area contributed by atoms with Crippen LogP contribution in [0, 0.1) is 6.92 Å². The second-order valence-electron chi connectivity index (χ2n) is 11.5. The third-order valence-corrected chi connectivity index (χ3v) is 10.4. The zero-order valence-electron chi connectivity index (χ0n) is 27.5. The fraction of sp³-hybridized carbons (Fsp3) is 0.297. The Morgan fingerprint density at radius 3 is 2.17 bits per heavy atom. The van der Waals surface area contributed by atoms with Crippen LogP contribution < -0.4 is 14.4 Å². The maximum atomic E-state index is 14.7. The SMILES string of the molecule is CCOc1ccccc1N(CC(=O)N(Cc1ccc(Cl)c(Cl)c1)[C@H](Cc1ccccc1)C(=O)N[C@H](C)CC)S(=O)(=O)c1ccc(C)cc1. The molecule has 0 aliphatic rings. The van der Waals surface area contributed by atoms with Crippen molar-refractivity contribution in [1.29, 1.82) is 0 Å². The van der Waals surface area contributed by atoms with Crippen molar-refractivity contribution in [2.75, 3.05) is 17.5 Å². The van der Waals surface area contributed by atoms with Crippen LogP contribution in [0.25, 0.3) is 0 Å². The van der Waals surface area contributed by atoms with E-state index < -0.39 is 28.5 Å². The molecule has 0 fully saturated rings. The number of nitrogens with zero attached hydrogens (tertiary/aromatic N) is 2. The van der Waals surface area contributed by atoms with Crippen molar-refractivity contribution in [3.63, 3.8) is 0 Å². The van der Waals surface area contributed by atoms with E-state index in [0.29, 0.717) is 27.8 Å². The van der Waals surface area contributed by atoms with Gasteiger partial charge in [-0.15, -0.1) is 0 Å². The summed E-state index contributed by atoms with van der Waals surface area (Å²) < 4.78 is 35.6. The van der Waals surface area contributed by atoms with E-state index in [2.05, 4.69) is 5.32 Å². The van der Waals surface area contributed by atoms with Crippen molar-refractivity contribution in [3.8, 4) is 5.75 Å². The lowest BCUT2D eigenvalue weighted by molar-refractivity contribution is -0.140. The van der Waals surface area contributed by atoms with Gasteiger partial charge in [-0.2, -0.15) is 0 Å². The summed E-state index contributed by atoms with van der Waals surface area (Å²) >= 11 is 12.6. The summed E-state index contributed by atoms with van der Waals surface area (Å²) in [6.07, 6.45) is 0.873. The number of hydrogen-bond donors (Lipinski definition) is 1. The minimum Gasteiger partial charge on any atom is -0.492 e. The Kier molecular flexibility index (Phi) is 12.9. The Bertz CT molecular complexity index is 1800. The summed E-state index contributed by atoms with van der Waals surface area (Å²) in [5, 5.41) is 3.67. The van der Waals surface area contributed by atoms with Gasteiger partial charge in [-0.3, -0.25) is 13.9 Å². The lowest BCUT2D eigenvalue weighted by atomic mass is 10.0. The third kappa shape index (κ3) is 9.30. The highest BCUT2D eigenvalue weighted by molar-refractivity contribution is 7.92. The molecular weight excluding hydrogens is 669 g/mol. The third-order valence-electron chi connectivity index (χ3n) is 7.93. The topological polar surface area (TPSA) is 96.0 Å². The molecule has 2 amide bonds. The highest BCUT2D eigenvalue weighted by atomic mass is 35.5. The summed E-state index contributed by atoms with van der Waals surface area (Å²) in [4.78, 5) is 30.2. The monoisotopic (exact) mass is 709 g/mol. The van der Waals surface area contributed by atoms with Crippen LogP contribution in [0.3, 0.4) is 0 Å². The molecule has 1 N–H and O–H groups in total. The molecule has 0 aliphatic heterocycles. The van der Waals surface area contributed by atoms with Gasteiger partial charge in [0.25, 0.3) is 10.0 Å². The second kappa shape index (κ2) is 16.9. The normalized spacial score (nSPS) is 12.5. The molecule has 0 unspecified atom stereocenters. The Hall–Kier alpha value is -4.05. The van der Waals surface area contributed by atoms with Crippen molar-refractivity contribution in [2.45, 2.75) is 64.1 Å². The first-order valence-corrected chi connectivity index (χ1v) is 18.0. The van der Waals surface area contributed by atoms with Gasteiger partial charge < -0.3 is 15.0 Å². The number of nitrogens with one attached hydrogen (secondary N) is 1. The number of amides is 2. The molecular formula is C37H41Cl2N3O5S. The molecule has 0 radical (unpaired) electrons. The number of sulfonamides is 1. The maximum Gasteiger partial charge on any atom is 0.264 e. The molecule has 8 nitrogen and oxygen atoms in total. The highest BCUT2D eigenvalue weighted by Crippen LogP contribution is 2.33. The summed E-state index contributed by atoms with van der Waals surface area (Å²) in [5.41, 5.74) is 2.54. The van der Waals surface area contributed by atoms with Gasteiger partial charge in [0.1, 0.15) is 18.3 Å². The molecule has 11 heteroatoms. The predicted octanol–water partition coefficient (Wildman–Crippen LogP) is 7.45. The van der Waals surface area contributed by atoms with Gasteiger partial charge >= 0.3 is 0 Å². The van der Waals surface area contributed by atoms with Crippen molar-refractivity contribution in [3.05, 3.63) is 124 Å². The van der Waals surface area contributed by atoms with Gasteiger partial charge in [0.05, 0.1) is 27.2 Å². The standard InChI is InChI=1S/C37H41Cl2N3O5S/c1-5-27(4)40-37(44)34(23-28-12-8-7-9-13-28)41(24-29-18-21-31(38)32(39)22-29)36(43)25-42(33-14-10-11-15-35(33)47-6-2)48(45,46)30-19-16-26(3)17-20-30/h7-22,27,34H,5-6,23-25H2,1-4H3,(H,40,44)/t27-,34-/m1/s1. The minimum atomic E-state index is -4.29. The lowest BCUT2D eigenvalue weighted by Crippen LogP contribution is -2.54. The molecule has 4 aromatic rings. The van der Waals surface area contributed by atoms with Gasteiger partial charge in [0.2, 0.25) is 11.8 Å². The average Bonchev–Trinajstić information content (AvgIpc) is 3.07. The molecule has 0 saturated carbocycles. The van der Waals surface area contributed by atoms with Crippen LogP contribution in [-0.2, 0) is 32.6 Å². The molecule has 0 heterocycles. The summed E-state index contributed by atoms with van der Waals surface area (Å²) in [5.74, 6) is -0.651. The quantitative estimate of drug-likeness (QED) is 0.138. The Morgan fingerprint density at radius 2 is 1.52 bits per heavy atom. The van der Waals surface area contributed by atoms with E-state index >= 15 is 0 Å². The first-order valence-electron chi connectivity index (χ1n) is 15.8. The largest absolute Gasteiger partial charge is 0.492 e. The maximum absolute atomic E-state index is 14.7. The van der Waals surface area contributed by atoms with Crippen molar-refractivity contribution >= 4 is 50.7 Å². The average molecular weight is 711 g/mol. The zero-order chi connectivity index (χ0) is 34.8. The number of carbonyl (C=O) groups excluding carboxylic acids is 2. The van der Waals surface area contributed by atoms with E-state index in [1.54, 1.807) is 61.5 Å². The summed E-state index contributed by atoms with van der Waals surface area (Å²) in [6.45, 7) is 7.14. The number of para-hydroxylation sites is 2. The minimum absolute atomic E-state index is 0.0126. The predicted molar refractivity (Wildman–Crippen MR) is 192 cm³/mol. The molecule has 0 aliphatic carbocycles. The molecule has 48 heavy (non-hydrogen) atoms. The molecule has 4 aromatic carbocycles. The molecule has 0 aromatic heterocycles. The molecule has 0 saturated heterocycles. The summed E-state index contributed by atoms with van der Waals surface area (Å²) in [6, 6.07) is 26.3. The molecule has 2 atom stereocenters. The molecule has 4 rings (SSSR count). The van der Waals surface area contributed by atoms with E-state index in [1.165, 1.54) is 17.0 Å². The lowest BCUT2D eigenvalue weighted by Gasteiger charge is -2.34. The van der Waals surface area contributed by atoms with Crippen molar-refractivity contribution in [2.24, 2.45) is 0 Å². The number of aryl methyl sites for hydroxylation is 1. The molecule has 254 valence electrons. The smallest absolute Gasteiger partial charge is 0.264 e. The zero-order valence-corrected chi connectivity index (χ0v) is 29.9. The first-order chi connectivity index (χ1) is 22.9. The van der Waals surface area contributed by atoms with Crippen LogP contribution in [0.2, 0.25) is 10.0 Å². The van der Waals surface area contributed by atoms with Gasteiger partial charge in [-0.1, -0.05) is 96.4 Å². The van der Waals surface area contributed by atoms with Crippen LogP contribution in [0.4, 0.5) is 5.69 Å². The first kappa shape index (κ1) is 36.8. The van der Waals surface area contributed by atoms with Crippen LogP contribution in [0.15, 0.2) is 102 Å². The number of benzene rings is 4. The Morgan fingerprint density at radius 1 is 0.854 bits per heavy atom. The van der Waals surface area contributed by atoms with Gasteiger partial charge in [0.15, 0.2) is 0 Å². The number of anilines is 1. The van der Waals surface area contributed by atoms with Gasteiger partial charge in [-0.25, -0.2) is 8.42 Å². The van der Waals surface area contributed by atoms with E-state index in [1.807, 2.05) is 51.1 Å². The van der Waals surface area contributed by atoms with Crippen LogP contribution in [-0.4, -0.2) is 50.4 Å². The van der Waals surface area contributed by atoms with Gasteiger partial charge in [-0.05, 0) is 74.7 Å². The van der Waals surface area contributed by atoms with E-state index in [9.17, 15) is 18.0 Å². The van der Waals surface area contributed by atoms with E-state index in [-0.39, 0.29) is 42.1 Å². The Balaban J connectivity index is 1.86. The fourth-order valence-corrected chi connectivity index (χ4v) is 6.87. The number of ether oxygens (including phenoxy) is 1. The van der Waals surface area contributed by atoms with Crippen LogP contribution in [0.5, 0.6) is 5.75 Å².